The number of hydrogen-bond acceptors (Lipinski definition) is 4. The predicted octanol–water partition coefficient (Wildman–Crippen LogP) is 1.90. The molecule has 0 aliphatic rings. The quantitative estimate of drug-likeness (QED) is 0.661. The first-order chi connectivity index (χ1) is 6.54. The molecule has 0 fully saturated rings. The molecule has 6 heteroatoms. The Morgan fingerprint density at radius 2 is 1.14 bits per heavy atom. The molecule has 4 nitrogen and oxygen atoms in total. The maximum absolute atomic E-state index is 8.70. The lowest BCUT2D eigenvalue weighted by atomic mass is 10.1. The SMILES string of the molecule is N#Cc1c(N)c(Cl)c(C#N)c(N)c1Cl. The van der Waals surface area contributed by atoms with E-state index in [2.05, 4.69) is 0 Å². The van der Waals surface area contributed by atoms with Gasteiger partial charge in [0.1, 0.15) is 12.1 Å². The van der Waals surface area contributed by atoms with Gasteiger partial charge in [-0.3, -0.25) is 0 Å². The Bertz CT molecular complexity index is 408. The topological polar surface area (TPSA) is 99.6 Å². The van der Waals surface area contributed by atoms with Crippen molar-refractivity contribution in [2.45, 2.75) is 0 Å². The molecule has 1 aromatic rings. The molecular weight excluding hydrogens is 223 g/mol. The van der Waals surface area contributed by atoms with Crippen LogP contribution in [0.3, 0.4) is 0 Å². The van der Waals surface area contributed by atoms with Crippen LogP contribution in [0.25, 0.3) is 0 Å². The Morgan fingerprint density at radius 1 is 0.857 bits per heavy atom. The Kier molecular flexibility index (Phi) is 2.71. The highest BCUT2D eigenvalue weighted by atomic mass is 35.5. The van der Waals surface area contributed by atoms with Crippen LogP contribution in [0.15, 0.2) is 0 Å². The van der Waals surface area contributed by atoms with Gasteiger partial charge < -0.3 is 11.5 Å². The van der Waals surface area contributed by atoms with Gasteiger partial charge in [-0.1, -0.05) is 23.2 Å². The van der Waals surface area contributed by atoms with Crippen molar-refractivity contribution in [3.63, 3.8) is 0 Å². The first-order valence-corrected chi connectivity index (χ1v) is 4.16. The fourth-order valence-electron chi connectivity index (χ4n) is 0.944. The first-order valence-electron chi connectivity index (χ1n) is 3.40. The molecule has 70 valence electrons. The van der Waals surface area contributed by atoms with Gasteiger partial charge in [0.05, 0.1) is 32.5 Å². The maximum Gasteiger partial charge on any atom is 0.103 e. The summed E-state index contributed by atoms with van der Waals surface area (Å²) in [5.41, 5.74) is 10.9. The molecule has 1 rings (SSSR count). The highest BCUT2D eigenvalue weighted by molar-refractivity contribution is 6.39. The zero-order valence-corrected chi connectivity index (χ0v) is 8.32. The van der Waals surface area contributed by atoms with Crippen molar-refractivity contribution in [3.8, 4) is 12.1 Å². The minimum Gasteiger partial charge on any atom is -0.396 e. The molecule has 0 unspecified atom stereocenters. The summed E-state index contributed by atoms with van der Waals surface area (Å²) >= 11 is 11.4. The summed E-state index contributed by atoms with van der Waals surface area (Å²) in [7, 11) is 0. The summed E-state index contributed by atoms with van der Waals surface area (Å²) in [4.78, 5) is 0. The monoisotopic (exact) mass is 226 g/mol. The van der Waals surface area contributed by atoms with E-state index in [1.807, 2.05) is 0 Å². The van der Waals surface area contributed by atoms with Crippen molar-refractivity contribution in [3.05, 3.63) is 21.2 Å². The average molecular weight is 227 g/mol. The molecule has 0 aliphatic heterocycles. The fraction of sp³-hybridized carbons (Fsp3) is 0. The number of benzene rings is 1. The maximum atomic E-state index is 8.70. The third kappa shape index (κ3) is 1.31. The minimum absolute atomic E-state index is 0.00633. The molecule has 0 saturated carbocycles. The summed E-state index contributed by atoms with van der Waals surface area (Å²) < 4.78 is 0. The summed E-state index contributed by atoms with van der Waals surface area (Å²) in [5.74, 6) is 0. The van der Waals surface area contributed by atoms with Crippen molar-refractivity contribution in [2.24, 2.45) is 0 Å². The van der Waals surface area contributed by atoms with Crippen LogP contribution >= 0.6 is 23.2 Å². The summed E-state index contributed by atoms with van der Waals surface area (Å²) in [6.07, 6.45) is 0. The largest absolute Gasteiger partial charge is 0.396 e. The van der Waals surface area contributed by atoms with E-state index in [0.29, 0.717) is 0 Å². The Hall–Kier alpha value is -1.62. The predicted molar refractivity (Wildman–Crippen MR) is 54.7 cm³/mol. The zero-order valence-electron chi connectivity index (χ0n) is 6.81. The lowest BCUT2D eigenvalue weighted by Crippen LogP contribution is -2.01. The van der Waals surface area contributed by atoms with E-state index in [1.54, 1.807) is 12.1 Å². The number of rotatable bonds is 0. The van der Waals surface area contributed by atoms with Gasteiger partial charge in [0.2, 0.25) is 0 Å². The van der Waals surface area contributed by atoms with Crippen molar-refractivity contribution in [2.75, 3.05) is 11.5 Å². The number of anilines is 2. The summed E-state index contributed by atoms with van der Waals surface area (Å²) in [6, 6.07) is 3.53. The first kappa shape index (κ1) is 10.5. The third-order valence-corrected chi connectivity index (χ3v) is 2.46. The van der Waals surface area contributed by atoms with Crippen LogP contribution in [-0.4, -0.2) is 0 Å². The summed E-state index contributed by atoms with van der Waals surface area (Å²) in [6.45, 7) is 0. The molecule has 0 saturated heterocycles. The second-order valence-corrected chi connectivity index (χ2v) is 3.18. The van der Waals surface area contributed by atoms with Crippen molar-refractivity contribution < 1.29 is 0 Å². The van der Waals surface area contributed by atoms with Gasteiger partial charge in [-0.25, -0.2) is 0 Å². The van der Waals surface area contributed by atoms with Gasteiger partial charge >= 0.3 is 0 Å². The lowest BCUT2D eigenvalue weighted by Gasteiger charge is -2.08. The smallest absolute Gasteiger partial charge is 0.103 e. The van der Waals surface area contributed by atoms with Gasteiger partial charge in [-0.2, -0.15) is 10.5 Å². The molecule has 0 amide bonds. The molecule has 0 heterocycles. The van der Waals surface area contributed by atoms with Crippen LogP contribution in [-0.2, 0) is 0 Å². The molecular formula is C8H4Cl2N4. The number of nitriles is 2. The molecule has 1 aromatic carbocycles. The Labute approximate surface area is 90.2 Å². The van der Waals surface area contributed by atoms with E-state index in [9.17, 15) is 0 Å². The van der Waals surface area contributed by atoms with Crippen LogP contribution in [0, 0.1) is 22.7 Å². The zero-order chi connectivity index (χ0) is 10.9. The van der Waals surface area contributed by atoms with E-state index in [1.165, 1.54) is 0 Å². The normalized spacial score (nSPS) is 9.14. The average Bonchev–Trinajstić information content (AvgIpc) is 2.17. The molecule has 0 atom stereocenters. The van der Waals surface area contributed by atoms with Crippen molar-refractivity contribution in [1.29, 1.82) is 10.5 Å². The number of nitrogens with two attached hydrogens (primary N) is 2. The van der Waals surface area contributed by atoms with E-state index < -0.39 is 0 Å². The van der Waals surface area contributed by atoms with Gasteiger partial charge in [-0.05, 0) is 0 Å². The Morgan fingerprint density at radius 3 is 1.36 bits per heavy atom. The fourth-order valence-corrected chi connectivity index (χ4v) is 1.42. The van der Waals surface area contributed by atoms with Crippen molar-refractivity contribution >= 4 is 34.6 Å². The van der Waals surface area contributed by atoms with Crippen LogP contribution in [0.1, 0.15) is 11.1 Å². The number of nitrogens with zero attached hydrogens (tertiary/aromatic N) is 2. The van der Waals surface area contributed by atoms with E-state index in [0.717, 1.165) is 0 Å². The third-order valence-electron chi connectivity index (χ3n) is 1.67. The van der Waals surface area contributed by atoms with Gasteiger partial charge in [0.15, 0.2) is 0 Å². The molecule has 4 N–H and O–H groups in total. The highest BCUT2D eigenvalue weighted by Crippen LogP contribution is 2.37. The molecule has 0 aromatic heterocycles. The number of nitrogen functional groups attached to an aromatic ring is 2. The lowest BCUT2D eigenvalue weighted by molar-refractivity contribution is 1.45. The van der Waals surface area contributed by atoms with Crippen molar-refractivity contribution in [1.82, 2.24) is 0 Å². The van der Waals surface area contributed by atoms with Crippen LogP contribution in [0.5, 0.6) is 0 Å². The Balaban J connectivity index is 3.77. The van der Waals surface area contributed by atoms with E-state index in [-0.39, 0.29) is 32.5 Å². The van der Waals surface area contributed by atoms with Crippen LogP contribution in [0.4, 0.5) is 11.4 Å². The van der Waals surface area contributed by atoms with Crippen LogP contribution in [0.2, 0.25) is 10.0 Å². The van der Waals surface area contributed by atoms with E-state index in [4.69, 9.17) is 45.2 Å². The highest BCUT2D eigenvalue weighted by Gasteiger charge is 2.18. The number of hydrogen-bond donors (Lipinski definition) is 2. The molecule has 14 heavy (non-hydrogen) atoms. The number of halogens is 2. The molecule has 0 aliphatic carbocycles. The van der Waals surface area contributed by atoms with Crippen LogP contribution < -0.4 is 11.5 Å². The molecule has 0 bridgehead atoms. The second-order valence-electron chi connectivity index (χ2n) is 2.43. The van der Waals surface area contributed by atoms with Gasteiger partial charge in [0.25, 0.3) is 0 Å². The standard InChI is InChI=1S/C8H4Cl2N4/c9-5-3(1-11)7(13)6(10)4(2-12)8(5)14/h13-14H2. The summed E-state index contributed by atoms with van der Waals surface area (Å²) in [5, 5.41) is 17.3. The van der Waals surface area contributed by atoms with Gasteiger partial charge in [-0.15, -0.1) is 0 Å². The second kappa shape index (κ2) is 3.63. The minimum atomic E-state index is -0.0362. The van der Waals surface area contributed by atoms with Gasteiger partial charge in [0, 0.05) is 0 Å². The molecule has 0 radical (unpaired) electrons. The molecule has 0 spiro atoms. The van der Waals surface area contributed by atoms with E-state index >= 15 is 0 Å².